The molecule has 0 fully saturated rings. The highest BCUT2D eigenvalue weighted by molar-refractivity contribution is 6.30. The van der Waals surface area contributed by atoms with Crippen LogP contribution < -0.4 is 5.32 Å². The second kappa shape index (κ2) is 5.82. The number of halogens is 1. The summed E-state index contributed by atoms with van der Waals surface area (Å²) in [5.74, 6) is 1.21. The van der Waals surface area contributed by atoms with E-state index in [9.17, 15) is 4.79 Å². The van der Waals surface area contributed by atoms with Gasteiger partial charge < -0.3 is 10.2 Å². The molecule has 17 heavy (non-hydrogen) atoms. The fraction of sp³-hybridized carbons (Fsp3) is 0.545. The highest BCUT2D eigenvalue weighted by Gasteiger charge is 2.11. The monoisotopic (exact) mass is 256 g/mol. The standard InChI is InChI=1S/C11H17ClN4O/c1-5-8-10(12)14-7(2)15-11(8)13-6-9(17)16(3)4/h5-6H2,1-4H3,(H,13,14,15). The van der Waals surface area contributed by atoms with Crippen LogP contribution in [0, 0.1) is 6.92 Å². The number of rotatable bonds is 4. The van der Waals surface area contributed by atoms with Crippen molar-refractivity contribution in [2.24, 2.45) is 0 Å². The van der Waals surface area contributed by atoms with Crippen molar-refractivity contribution in [1.82, 2.24) is 14.9 Å². The van der Waals surface area contributed by atoms with Crippen molar-refractivity contribution >= 4 is 23.3 Å². The van der Waals surface area contributed by atoms with E-state index in [1.165, 1.54) is 4.90 Å². The average molecular weight is 257 g/mol. The average Bonchev–Trinajstić information content (AvgIpc) is 2.24. The molecule has 1 aromatic heterocycles. The molecule has 0 aromatic carbocycles. The van der Waals surface area contributed by atoms with Gasteiger partial charge in [-0.3, -0.25) is 4.79 Å². The fourth-order valence-electron chi connectivity index (χ4n) is 1.34. The molecule has 1 rings (SSSR count). The van der Waals surface area contributed by atoms with E-state index in [-0.39, 0.29) is 12.5 Å². The van der Waals surface area contributed by atoms with Gasteiger partial charge in [0.2, 0.25) is 5.91 Å². The van der Waals surface area contributed by atoms with Crippen molar-refractivity contribution in [3.05, 3.63) is 16.5 Å². The molecule has 0 bridgehead atoms. The van der Waals surface area contributed by atoms with Crippen LogP contribution in [-0.4, -0.2) is 41.4 Å². The summed E-state index contributed by atoms with van der Waals surface area (Å²) in [6.45, 7) is 3.94. The first-order chi connectivity index (χ1) is 7.95. The molecule has 0 aliphatic rings. The summed E-state index contributed by atoms with van der Waals surface area (Å²) in [6, 6.07) is 0. The smallest absolute Gasteiger partial charge is 0.241 e. The summed E-state index contributed by atoms with van der Waals surface area (Å²) in [5.41, 5.74) is 0.837. The molecule has 0 atom stereocenters. The first kappa shape index (κ1) is 13.7. The van der Waals surface area contributed by atoms with Crippen molar-refractivity contribution in [2.45, 2.75) is 20.3 Å². The van der Waals surface area contributed by atoms with Crippen LogP contribution in [0.2, 0.25) is 5.15 Å². The normalized spacial score (nSPS) is 10.2. The van der Waals surface area contributed by atoms with Crippen molar-refractivity contribution in [1.29, 1.82) is 0 Å². The second-order valence-corrected chi connectivity index (χ2v) is 4.24. The molecular weight excluding hydrogens is 240 g/mol. The maximum absolute atomic E-state index is 11.5. The minimum absolute atomic E-state index is 0.0144. The molecule has 5 nitrogen and oxygen atoms in total. The maximum Gasteiger partial charge on any atom is 0.241 e. The van der Waals surface area contributed by atoms with Crippen LogP contribution in [0.4, 0.5) is 5.82 Å². The van der Waals surface area contributed by atoms with Crippen molar-refractivity contribution < 1.29 is 4.79 Å². The SMILES string of the molecule is CCc1c(Cl)nc(C)nc1NCC(=O)N(C)C. The van der Waals surface area contributed by atoms with Crippen molar-refractivity contribution in [3.63, 3.8) is 0 Å². The molecule has 6 heteroatoms. The third-order valence-corrected chi connectivity index (χ3v) is 2.64. The lowest BCUT2D eigenvalue weighted by Crippen LogP contribution is -2.29. The van der Waals surface area contributed by atoms with Gasteiger partial charge in [-0.25, -0.2) is 9.97 Å². The van der Waals surface area contributed by atoms with Crippen LogP contribution >= 0.6 is 11.6 Å². The highest BCUT2D eigenvalue weighted by Crippen LogP contribution is 2.21. The van der Waals surface area contributed by atoms with Gasteiger partial charge in [0.15, 0.2) is 0 Å². The summed E-state index contributed by atoms with van der Waals surface area (Å²) >= 11 is 6.03. The number of carbonyl (C=O) groups excluding carboxylic acids is 1. The summed E-state index contributed by atoms with van der Waals surface area (Å²) < 4.78 is 0. The molecule has 0 unspecified atom stereocenters. The number of aryl methyl sites for hydroxylation is 1. The third kappa shape index (κ3) is 3.56. The van der Waals surface area contributed by atoms with Gasteiger partial charge >= 0.3 is 0 Å². The molecule has 0 saturated carbocycles. The number of nitrogens with zero attached hydrogens (tertiary/aromatic N) is 3. The number of aromatic nitrogens is 2. The molecule has 1 amide bonds. The van der Waals surface area contributed by atoms with Crippen LogP contribution in [0.15, 0.2) is 0 Å². The van der Waals surface area contributed by atoms with E-state index in [1.54, 1.807) is 21.0 Å². The molecule has 0 aliphatic heterocycles. The van der Waals surface area contributed by atoms with E-state index in [0.29, 0.717) is 16.8 Å². The van der Waals surface area contributed by atoms with Gasteiger partial charge in [0.05, 0.1) is 6.54 Å². The van der Waals surface area contributed by atoms with Crippen LogP contribution in [0.3, 0.4) is 0 Å². The first-order valence-corrected chi connectivity index (χ1v) is 5.80. The Labute approximate surface area is 106 Å². The summed E-state index contributed by atoms with van der Waals surface area (Å²) in [4.78, 5) is 21.3. The van der Waals surface area contributed by atoms with Crippen LogP contribution in [0.1, 0.15) is 18.3 Å². The van der Waals surface area contributed by atoms with Crippen LogP contribution in [-0.2, 0) is 11.2 Å². The Hall–Kier alpha value is -1.36. The number of amides is 1. The van der Waals surface area contributed by atoms with Crippen LogP contribution in [0.5, 0.6) is 0 Å². The zero-order valence-corrected chi connectivity index (χ0v) is 11.3. The molecular formula is C11H17ClN4O. The molecule has 1 N–H and O–H groups in total. The lowest BCUT2D eigenvalue weighted by molar-refractivity contribution is -0.126. The predicted molar refractivity (Wildman–Crippen MR) is 68.3 cm³/mol. The summed E-state index contributed by atoms with van der Waals surface area (Å²) in [7, 11) is 3.42. The van der Waals surface area contributed by atoms with E-state index in [4.69, 9.17) is 11.6 Å². The zero-order valence-electron chi connectivity index (χ0n) is 10.5. The Morgan fingerprint density at radius 3 is 2.59 bits per heavy atom. The van der Waals surface area contributed by atoms with Crippen molar-refractivity contribution in [3.8, 4) is 0 Å². The molecule has 0 spiro atoms. The Bertz CT molecular complexity index is 420. The number of carbonyl (C=O) groups is 1. The van der Waals surface area contributed by atoms with Gasteiger partial charge in [-0.05, 0) is 13.3 Å². The van der Waals surface area contributed by atoms with E-state index < -0.39 is 0 Å². The molecule has 0 radical (unpaired) electrons. The lowest BCUT2D eigenvalue weighted by Gasteiger charge is -2.14. The Balaban J connectivity index is 2.86. The summed E-state index contributed by atoms with van der Waals surface area (Å²) in [5, 5.41) is 3.44. The van der Waals surface area contributed by atoms with E-state index in [0.717, 1.165) is 12.0 Å². The van der Waals surface area contributed by atoms with Crippen molar-refractivity contribution in [2.75, 3.05) is 26.0 Å². The number of nitrogens with one attached hydrogen (secondary N) is 1. The molecule has 1 aromatic rings. The highest BCUT2D eigenvalue weighted by atomic mass is 35.5. The van der Waals surface area contributed by atoms with Gasteiger partial charge in [-0.1, -0.05) is 18.5 Å². The first-order valence-electron chi connectivity index (χ1n) is 5.42. The third-order valence-electron chi connectivity index (χ3n) is 2.33. The molecule has 0 aliphatic carbocycles. The van der Waals surface area contributed by atoms with Gasteiger partial charge in [-0.15, -0.1) is 0 Å². The van der Waals surface area contributed by atoms with Gasteiger partial charge in [0.1, 0.15) is 16.8 Å². The van der Waals surface area contributed by atoms with E-state index >= 15 is 0 Å². The molecule has 1 heterocycles. The summed E-state index contributed by atoms with van der Waals surface area (Å²) in [6.07, 6.45) is 0.720. The van der Waals surface area contributed by atoms with Gasteiger partial charge in [-0.2, -0.15) is 0 Å². The molecule has 94 valence electrons. The second-order valence-electron chi connectivity index (χ2n) is 3.88. The van der Waals surface area contributed by atoms with Gasteiger partial charge in [0.25, 0.3) is 0 Å². The fourth-order valence-corrected chi connectivity index (χ4v) is 1.68. The Kier molecular flexibility index (Phi) is 4.69. The lowest BCUT2D eigenvalue weighted by atomic mass is 10.2. The minimum atomic E-state index is -0.0144. The predicted octanol–water partition coefficient (Wildman–Crippen LogP) is 1.50. The quantitative estimate of drug-likeness (QED) is 0.830. The number of anilines is 1. The topological polar surface area (TPSA) is 58.1 Å². The number of hydrogen-bond donors (Lipinski definition) is 1. The molecule has 0 saturated heterocycles. The van der Waals surface area contributed by atoms with E-state index in [2.05, 4.69) is 15.3 Å². The Morgan fingerprint density at radius 1 is 1.41 bits per heavy atom. The maximum atomic E-state index is 11.5. The Morgan fingerprint density at radius 2 is 2.06 bits per heavy atom. The van der Waals surface area contributed by atoms with E-state index in [1.807, 2.05) is 6.92 Å². The van der Waals surface area contributed by atoms with Crippen LogP contribution in [0.25, 0.3) is 0 Å². The zero-order chi connectivity index (χ0) is 13.0. The number of hydrogen-bond acceptors (Lipinski definition) is 4. The minimum Gasteiger partial charge on any atom is -0.361 e. The van der Waals surface area contributed by atoms with Gasteiger partial charge in [0, 0.05) is 19.7 Å². The largest absolute Gasteiger partial charge is 0.361 e. The number of likely N-dealkylation sites (N-methyl/N-ethyl adjacent to an activating group) is 1.